The van der Waals surface area contributed by atoms with Crippen LogP contribution < -0.4 is 4.74 Å². The third-order valence-electron chi connectivity index (χ3n) is 6.47. The average Bonchev–Trinajstić information content (AvgIpc) is 3.40. The molecule has 0 saturated carbocycles. The lowest BCUT2D eigenvalue weighted by molar-refractivity contribution is -0.123. The molecule has 37 heavy (non-hydrogen) atoms. The molecule has 0 radical (unpaired) electrons. The lowest BCUT2D eigenvalue weighted by Gasteiger charge is -2.13. The number of benzene rings is 4. The van der Waals surface area contributed by atoms with Gasteiger partial charge in [0.2, 0.25) is 0 Å². The lowest BCUT2D eigenvalue weighted by Crippen LogP contribution is -2.32. The van der Waals surface area contributed by atoms with Crippen molar-refractivity contribution >= 4 is 50.7 Å². The van der Waals surface area contributed by atoms with Gasteiger partial charge in [-0.2, -0.15) is 0 Å². The number of hydrogen-bond donors (Lipinski definition) is 0. The Balaban J connectivity index is 1.24. The number of fused-ring (bicyclic) bond motifs is 2. The van der Waals surface area contributed by atoms with Crippen LogP contribution in [0.5, 0.6) is 5.75 Å². The number of hydrogen-bond acceptors (Lipinski definition) is 4. The Kier molecular flexibility index (Phi) is 6.25. The van der Waals surface area contributed by atoms with Crippen molar-refractivity contribution in [3.05, 3.63) is 119 Å². The summed E-state index contributed by atoms with van der Waals surface area (Å²) in [5.74, 6) is 0.433. The second-order valence-corrected chi connectivity index (χ2v) is 9.90. The molecule has 6 heteroatoms. The predicted octanol–water partition coefficient (Wildman–Crippen LogP) is 6.96. The molecule has 0 bridgehead atoms. The number of rotatable bonds is 7. The molecule has 1 aliphatic rings. The molecule has 1 fully saturated rings. The summed E-state index contributed by atoms with van der Waals surface area (Å²) in [4.78, 5) is 27.4. The van der Waals surface area contributed by atoms with Gasteiger partial charge in [-0.3, -0.25) is 14.5 Å². The Morgan fingerprint density at radius 3 is 2.43 bits per heavy atom. The zero-order valence-electron chi connectivity index (χ0n) is 20.0. The smallest absolute Gasteiger partial charge is 0.293 e. The van der Waals surface area contributed by atoms with Gasteiger partial charge in [0.05, 0.1) is 11.4 Å². The average molecular weight is 505 g/mol. The molecule has 1 aliphatic heterocycles. The fourth-order valence-electron chi connectivity index (χ4n) is 4.66. The minimum absolute atomic E-state index is 0.209. The second kappa shape index (κ2) is 9.99. The number of carbonyl (C=O) groups excluding carboxylic acids is 2. The fraction of sp³-hybridized carbons (Fsp3) is 0.0968. The molecular weight excluding hydrogens is 480 g/mol. The molecule has 0 spiro atoms. The molecule has 1 aromatic heterocycles. The standard InChI is InChI=1S/C31H24N2O3S/c34-30-29(37-31(35)33(30)16-17-36-26-10-2-1-3-11-26)19-25-21-32(28-13-7-6-12-27(25)28)20-22-14-15-23-8-4-5-9-24(23)18-22/h1-15,18-19,21H,16-17,20H2/b29-19-. The van der Waals surface area contributed by atoms with E-state index in [4.69, 9.17) is 4.74 Å². The molecule has 6 rings (SSSR count). The quantitative estimate of drug-likeness (QED) is 0.225. The highest BCUT2D eigenvalue weighted by atomic mass is 32.2. The number of aromatic nitrogens is 1. The van der Waals surface area contributed by atoms with Crippen LogP contribution in [0.1, 0.15) is 11.1 Å². The van der Waals surface area contributed by atoms with E-state index in [9.17, 15) is 9.59 Å². The first kappa shape index (κ1) is 23.1. The van der Waals surface area contributed by atoms with E-state index < -0.39 is 0 Å². The van der Waals surface area contributed by atoms with Crippen LogP contribution in [0.15, 0.2) is 108 Å². The van der Waals surface area contributed by atoms with Crippen LogP contribution in [0, 0.1) is 0 Å². The Bertz CT molecular complexity index is 1660. The monoisotopic (exact) mass is 504 g/mol. The Morgan fingerprint density at radius 1 is 0.811 bits per heavy atom. The first-order valence-corrected chi connectivity index (χ1v) is 13.0. The third kappa shape index (κ3) is 4.76. The molecule has 2 amide bonds. The normalized spacial score (nSPS) is 14.8. The predicted molar refractivity (Wildman–Crippen MR) is 150 cm³/mol. The molecule has 1 saturated heterocycles. The number of thioether (sulfide) groups is 1. The van der Waals surface area contributed by atoms with Gasteiger partial charge >= 0.3 is 0 Å². The Morgan fingerprint density at radius 2 is 1.57 bits per heavy atom. The molecule has 0 aliphatic carbocycles. The van der Waals surface area contributed by atoms with Gasteiger partial charge in [-0.15, -0.1) is 0 Å². The van der Waals surface area contributed by atoms with Gasteiger partial charge in [0.25, 0.3) is 11.1 Å². The highest BCUT2D eigenvalue weighted by Crippen LogP contribution is 2.34. The van der Waals surface area contributed by atoms with Gasteiger partial charge in [0.15, 0.2) is 0 Å². The van der Waals surface area contributed by atoms with Crippen LogP contribution in [0.3, 0.4) is 0 Å². The van der Waals surface area contributed by atoms with E-state index in [1.54, 1.807) is 0 Å². The number of nitrogens with zero attached hydrogens (tertiary/aromatic N) is 2. The highest BCUT2D eigenvalue weighted by Gasteiger charge is 2.35. The number of imide groups is 1. The van der Waals surface area contributed by atoms with Crippen molar-refractivity contribution in [2.45, 2.75) is 6.54 Å². The topological polar surface area (TPSA) is 51.5 Å². The molecule has 182 valence electrons. The van der Waals surface area contributed by atoms with Crippen molar-refractivity contribution < 1.29 is 14.3 Å². The molecule has 4 aromatic carbocycles. The first-order chi connectivity index (χ1) is 18.2. The zero-order chi connectivity index (χ0) is 25.2. The number of para-hydroxylation sites is 2. The lowest BCUT2D eigenvalue weighted by atomic mass is 10.1. The van der Waals surface area contributed by atoms with Crippen LogP contribution >= 0.6 is 11.8 Å². The van der Waals surface area contributed by atoms with Gasteiger partial charge in [0.1, 0.15) is 12.4 Å². The Labute approximate surface area is 219 Å². The molecule has 0 atom stereocenters. The fourth-order valence-corrected chi connectivity index (χ4v) is 5.52. The van der Waals surface area contributed by atoms with Crippen molar-refractivity contribution in [2.75, 3.05) is 13.2 Å². The molecule has 2 heterocycles. The van der Waals surface area contributed by atoms with Gasteiger partial charge in [-0.05, 0) is 58.4 Å². The first-order valence-electron chi connectivity index (χ1n) is 12.1. The van der Waals surface area contributed by atoms with Gasteiger partial charge in [0, 0.05) is 29.2 Å². The van der Waals surface area contributed by atoms with Crippen molar-refractivity contribution in [3.63, 3.8) is 0 Å². The largest absolute Gasteiger partial charge is 0.492 e. The molecular formula is C31H24N2O3S. The highest BCUT2D eigenvalue weighted by molar-refractivity contribution is 8.18. The van der Waals surface area contributed by atoms with Crippen LogP contribution in [0.25, 0.3) is 27.8 Å². The number of amides is 2. The van der Waals surface area contributed by atoms with Crippen LogP contribution in [0.2, 0.25) is 0 Å². The summed E-state index contributed by atoms with van der Waals surface area (Å²) < 4.78 is 7.88. The van der Waals surface area contributed by atoms with E-state index >= 15 is 0 Å². The number of ether oxygens (including phenoxy) is 1. The maximum absolute atomic E-state index is 13.1. The summed E-state index contributed by atoms with van der Waals surface area (Å²) in [6.07, 6.45) is 3.90. The summed E-state index contributed by atoms with van der Waals surface area (Å²) in [6, 6.07) is 32.4. The van der Waals surface area contributed by atoms with E-state index in [2.05, 4.69) is 59.3 Å². The van der Waals surface area contributed by atoms with Gasteiger partial charge in [-0.1, -0.05) is 72.8 Å². The minimum atomic E-state index is -0.280. The Hall–Kier alpha value is -4.29. The van der Waals surface area contributed by atoms with Crippen LogP contribution in [0.4, 0.5) is 4.79 Å². The summed E-state index contributed by atoms with van der Waals surface area (Å²) >= 11 is 0.980. The summed E-state index contributed by atoms with van der Waals surface area (Å²) in [7, 11) is 0. The van der Waals surface area contributed by atoms with Crippen molar-refractivity contribution in [2.24, 2.45) is 0 Å². The van der Waals surface area contributed by atoms with Crippen molar-refractivity contribution in [1.82, 2.24) is 9.47 Å². The van der Waals surface area contributed by atoms with Crippen molar-refractivity contribution in [3.8, 4) is 5.75 Å². The van der Waals surface area contributed by atoms with E-state index in [0.29, 0.717) is 17.2 Å². The molecule has 0 N–H and O–H groups in total. The summed E-state index contributed by atoms with van der Waals surface area (Å²) in [5.41, 5.74) is 3.20. The summed E-state index contributed by atoms with van der Waals surface area (Å²) in [6.45, 7) is 1.17. The minimum Gasteiger partial charge on any atom is -0.492 e. The van der Waals surface area contributed by atoms with Crippen LogP contribution in [-0.2, 0) is 11.3 Å². The maximum atomic E-state index is 13.1. The van der Waals surface area contributed by atoms with Crippen molar-refractivity contribution in [1.29, 1.82) is 0 Å². The molecule has 5 nitrogen and oxygen atoms in total. The van der Waals surface area contributed by atoms with Gasteiger partial charge in [-0.25, -0.2) is 0 Å². The maximum Gasteiger partial charge on any atom is 0.293 e. The van der Waals surface area contributed by atoms with Gasteiger partial charge < -0.3 is 9.30 Å². The zero-order valence-corrected chi connectivity index (χ0v) is 20.9. The molecule has 0 unspecified atom stereocenters. The van der Waals surface area contributed by atoms with E-state index in [-0.39, 0.29) is 24.3 Å². The molecule has 5 aromatic rings. The van der Waals surface area contributed by atoms with Crippen LogP contribution in [-0.4, -0.2) is 33.8 Å². The van der Waals surface area contributed by atoms with E-state index in [1.807, 2.05) is 54.6 Å². The van der Waals surface area contributed by atoms with E-state index in [0.717, 1.165) is 28.2 Å². The SMILES string of the molecule is O=C1S/C(=C\c2cn(Cc3ccc4ccccc4c3)c3ccccc23)C(=O)N1CCOc1ccccc1. The van der Waals surface area contributed by atoms with E-state index in [1.165, 1.54) is 21.2 Å². The summed E-state index contributed by atoms with van der Waals surface area (Å²) in [5, 5.41) is 3.20. The third-order valence-corrected chi connectivity index (χ3v) is 7.38. The number of carbonyl (C=O) groups is 2. The second-order valence-electron chi connectivity index (χ2n) is 8.91.